The Morgan fingerprint density at radius 3 is 1.77 bits per heavy atom. The van der Waals surface area contributed by atoms with Gasteiger partial charge in [0.2, 0.25) is 0 Å². The van der Waals surface area contributed by atoms with Gasteiger partial charge in [-0.05, 0) is 127 Å². The second-order valence-electron chi connectivity index (χ2n) is 16.2. The fraction of sp³-hybridized carbons (Fsp3) is 0.200. The molecular formula is C50H40N2O. The van der Waals surface area contributed by atoms with Gasteiger partial charge in [0.15, 0.2) is 0 Å². The van der Waals surface area contributed by atoms with Crippen molar-refractivity contribution in [2.45, 2.75) is 37.5 Å². The molecule has 8 aromatic rings. The fourth-order valence-corrected chi connectivity index (χ4v) is 11.8. The highest BCUT2D eigenvalue weighted by molar-refractivity contribution is 6.09. The van der Waals surface area contributed by atoms with Crippen LogP contribution in [0.5, 0.6) is 11.5 Å². The Bertz CT molecular complexity index is 2660. The zero-order chi connectivity index (χ0) is 34.7. The van der Waals surface area contributed by atoms with Gasteiger partial charge in [-0.3, -0.25) is 0 Å². The third-order valence-electron chi connectivity index (χ3n) is 13.6. The monoisotopic (exact) mass is 684 g/mol. The molecule has 4 saturated carbocycles. The minimum Gasteiger partial charge on any atom is -0.457 e. The lowest BCUT2D eigenvalue weighted by Crippen LogP contribution is -2.56. The van der Waals surface area contributed by atoms with Crippen LogP contribution in [0.1, 0.15) is 43.2 Å². The summed E-state index contributed by atoms with van der Waals surface area (Å²) in [6.45, 7) is 0. The highest BCUT2D eigenvalue weighted by Crippen LogP contribution is 2.69. The first-order valence-electron chi connectivity index (χ1n) is 19.5. The van der Waals surface area contributed by atoms with Crippen LogP contribution in [0.25, 0.3) is 38.3 Å². The van der Waals surface area contributed by atoms with E-state index in [1.54, 1.807) is 0 Å². The van der Waals surface area contributed by atoms with E-state index in [0.717, 1.165) is 46.1 Å². The lowest BCUT2D eigenvalue weighted by Gasteiger charge is -2.63. The van der Waals surface area contributed by atoms with Crippen molar-refractivity contribution in [1.29, 1.82) is 0 Å². The fourth-order valence-electron chi connectivity index (χ4n) is 11.8. The number of para-hydroxylation sites is 3. The predicted molar refractivity (Wildman–Crippen MR) is 217 cm³/mol. The first-order chi connectivity index (χ1) is 26.2. The molecular weight excluding hydrogens is 645 g/mol. The molecule has 0 radical (unpaired) electrons. The summed E-state index contributed by atoms with van der Waals surface area (Å²) in [5, 5.41) is 5.02. The Labute approximate surface area is 310 Å². The van der Waals surface area contributed by atoms with Crippen molar-refractivity contribution in [2.75, 3.05) is 4.90 Å². The summed E-state index contributed by atoms with van der Waals surface area (Å²) in [7, 11) is 0. The molecule has 0 saturated heterocycles. The third kappa shape index (κ3) is 4.22. The molecule has 3 nitrogen and oxygen atoms in total. The van der Waals surface area contributed by atoms with Crippen LogP contribution in [-0.2, 0) is 5.41 Å². The average Bonchev–Trinajstić information content (AvgIpc) is 3.54. The molecule has 1 spiro atoms. The second-order valence-corrected chi connectivity index (χ2v) is 16.2. The number of hydrogen-bond acceptors (Lipinski definition) is 2. The molecule has 4 aliphatic carbocycles. The van der Waals surface area contributed by atoms with Crippen molar-refractivity contribution >= 4 is 49.6 Å². The molecule has 0 atom stereocenters. The van der Waals surface area contributed by atoms with E-state index in [-0.39, 0.29) is 5.41 Å². The predicted octanol–water partition coefficient (Wildman–Crippen LogP) is 13.3. The molecule has 3 heteroatoms. The van der Waals surface area contributed by atoms with Gasteiger partial charge in [0.1, 0.15) is 11.5 Å². The van der Waals surface area contributed by atoms with Crippen LogP contribution in [0.15, 0.2) is 158 Å². The van der Waals surface area contributed by atoms with Gasteiger partial charge in [0.25, 0.3) is 0 Å². The van der Waals surface area contributed by atoms with E-state index in [9.17, 15) is 0 Å². The third-order valence-corrected chi connectivity index (χ3v) is 13.6. The van der Waals surface area contributed by atoms with Gasteiger partial charge in [-0.15, -0.1) is 0 Å². The molecule has 1 aromatic heterocycles. The first-order valence-corrected chi connectivity index (χ1v) is 19.5. The normalized spacial score (nSPS) is 23.7. The van der Waals surface area contributed by atoms with Gasteiger partial charge in [-0.25, -0.2) is 0 Å². The Kier molecular flexibility index (Phi) is 6.23. The lowest BCUT2D eigenvalue weighted by molar-refractivity contribution is -0.0452. The zero-order valence-electron chi connectivity index (χ0n) is 29.7. The summed E-state index contributed by atoms with van der Waals surface area (Å²) in [6.07, 6.45) is 6.85. The number of benzene rings is 7. The number of hydrogen-bond donors (Lipinski definition) is 0. The molecule has 5 aliphatic rings. The summed E-state index contributed by atoms with van der Waals surface area (Å²) in [5.74, 6) is 5.24. The number of nitrogens with zero attached hydrogens (tertiary/aromatic N) is 2. The molecule has 256 valence electrons. The van der Waals surface area contributed by atoms with Crippen LogP contribution in [0, 0.1) is 23.7 Å². The quantitative estimate of drug-likeness (QED) is 0.184. The van der Waals surface area contributed by atoms with Gasteiger partial charge in [0.05, 0.1) is 11.0 Å². The van der Waals surface area contributed by atoms with E-state index < -0.39 is 0 Å². The largest absolute Gasteiger partial charge is 0.457 e. The van der Waals surface area contributed by atoms with Crippen LogP contribution >= 0.6 is 0 Å². The molecule has 4 bridgehead atoms. The second kappa shape index (κ2) is 11.1. The van der Waals surface area contributed by atoms with E-state index >= 15 is 0 Å². The highest BCUT2D eigenvalue weighted by Gasteiger charge is 2.61. The van der Waals surface area contributed by atoms with E-state index in [1.165, 1.54) is 75.8 Å². The molecule has 2 heterocycles. The summed E-state index contributed by atoms with van der Waals surface area (Å²) in [4.78, 5) is 2.41. The van der Waals surface area contributed by atoms with Crippen LogP contribution in [0.3, 0.4) is 0 Å². The van der Waals surface area contributed by atoms with Gasteiger partial charge in [-0.2, -0.15) is 0 Å². The molecule has 0 unspecified atom stereocenters. The van der Waals surface area contributed by atoms with E-state index in [0.29, 0.717) is 11.8 Å². The van der Waals surface area contributed by atoms with Gasteiger partial charge in [0, 0.05) is 56.1 Å². The van der Waals surface area contributed by atoms with Crippen LogP contribution in [-0.4, -0.2) is 4.57 Å². The molecule has 13 rings (SSSR count). The Morgan fingerprint density at radius 2 is 1.04 bits per heavy atom. The number of fused-ring (bicyclic) bond motifs is 6. The minimum absolute atomic E-state index is 0.0356. The summed E-state index contributed by atoms with van der Waals surface area (Å²) in [6, 6.07) is 58.2. The smallest absolute Gasteiger partial charge is 0.133 e. The average molecular weight is 685 g/mol. The van der Waals surface area contributed by atoms with E-state index in [4.69, 9.17) is 4.74 Å². The van der Waals surface area contributed by atoms with Crippen molar-refractivity contribution in [3.05, 3.63) is 169 Å². The van der Waals surface area contributed by atoms with Crippen molar-refractivity contribution in [1.82, 2.24) is 4.57 Å². The number of aromatic nitrogens is 1. The van der Waals surface area contributed by atoms with Crippen LogP contribution in [0.4, 0.5) is 17.1 Å². The van der Waals surface area contributed by atoms with Crippen molar-refractivity contribution in [3.63, 3.8) is 0 Å². The van der Waals surface area contributed by atoms with Crippen LogP contribution in [0.2, 0.25) is 0 Å². The highest BCUT2D eigenvalue weighted by atomic mass is 16.5. The van der Waals surface area contributed by atoms with Crippen molar-refractivity contribution < 1.29 is 4.74 Å². The lowest BCUT2D eigenvalue weighted by atomic mass is 9.42. The molecule has 7 aromatic carbocycles. The maximum Gasteiger partial charge on any atom is 0.133 e. The maximum atomic E-state index is 6.96. The van der Waals surface area contributed by atoms with Gasteiger partial charge in [-0.1, -0.05) is 91.0 Å². The summed E-state index contributed by atoms with van der Waals surface area (Å²) in [5.41, 5.74) is 9.83. The first kappa shape index (κ1) is 29.7. The summed E-state index contributed by atoms with van der Waals surface area (Å²) >= 11 is 0. The van der Waals surface area contributed by atoms with Gasteiger partial charge >= 0.3 is 0 Å². The minimum atomic E-state index is 0.0356. The number of ether oxygens (including phenoxy) is 1. The topological polar surface area (TPSA) is 17.4 Å². The SMILES string of the molecule is c1ccc2c(c1)Oc1cc(N(c3ccc(-n4c5ccccc5c5ccccc54)cc3)c3ccc4ccccc4c3)ccc1C21C2CC3CC(C2)CC1C3. The van der Waals surface area contributed by atoms with E-state index in [2.05, 4.69) is 167 Å². The summed E-state index contributed by atoms with van der Waals surface area (Å²) < 4.78 is 9.35. The van der Waals surface area contributed by atoms with Gasteiger partial charge < -0.3 is 14.2 Å². The molecule has 4 fully saturated rings. The standard InChI is InChI=1S/C50H40N2O/c1-2-10-35-30-40(18-17-34(35)9-1)51(38-19-21-39(22-20-38)52-46-14-6-3-11-42(46)43-12-4-7-15-47(43)52)41-23-24-45-49(31-41)53-48-16-8-5-13-44(48)50(45)36-26-32-25-33(28-36)29-37(50)27-32/h1-24,30-33,36-37H,25-29H2. The maximum absolute atomic E-state index is 6.96. The number of anilines is 3. The van der Waals surface area contributed by atoms with Crippen molar-refractivity contribution in [3.8, 4) is 17.2 Å². The van der Waals surface area contributed by atoms with Crippen molar-refractivity contribution in [2.24, 2.45) is 23.7 Å². The zero-order valence-corrected chi connectivity index (χ0v) is 29.7. The molecule has 1 aliphatic heterocycles. The van der Waals surface area contributed by atoms with E-state index in [1.807, 2.05) is 0 Å². The Hall–Kier alpha value is -5.80. The Balaban J connectivity index is 1.02. The molecule has 0 amide bonds. The number of rotatable bonds is 4. The molecule has 53 heavy (non-hydrogen) atoms. The molecule has 0 N–H and O–H groups in total. The Morgan fingerprint density at radius 1 is 0.472 bits per heavy atom. The van der Waals surface area contributed by atoms with Crippen LogP contribution < -0.4 is 9.64 Å².